The summed E-state index contributed by atoms with van der Waals surface area (Å²) >= 11 is 1.79. The van der Waals surface area contributed by atoms with Crippen LogP contribution < -0.4 is 5.73 Å². The fourth-order valence-electron chi connectivity index (χ4n) is 1.02. The van der Waals surface area contributed by atoms with E-state index in [1.807, 2.05) is 14.0 Å². The summed E-state index contributed by atoms with van der Waals surface area (Å²) in [6.07, 6.45) is 1.72. The number of nitrogens with one attached hydrogen (secondary N) is 2. The van der Waals surface area contributed by atoms with Crippen molar-refractivity contribution in [3.8, 4) is 0 Å². The van der Waals surface area contributed by atoms with Gasteiger partial charge in [0.2, 0.25) is 0 Å². The van der Waals surface area contributed by atoms with Crippen LogP contribution in [-0.4, -0.2) is 40.2 Å². The number of H-pyrrole nitrogens is 1. The number of aromatic amines is 1. The summed E-state index contributed by atoms with van der Waals surface area (Å²) in [5, 5.41) is 7.19. The van der Waals surface area contributed by atoms with E-state index >= 15 is 0 Å². The first kappa shape index (κ1) is 11.9. The molecule has 84 valence electrons. The first-order chi connectivity index (χ1) is 7.11. The minimum Gasteiger partial charge on any atom is -0.370 e. The van der Waals surface area contributed by atoms with E-state index in [1.54, 1.807) is 23.0 Å². The lowest BCUT2D eigenvalue weighted by atomic mass is 10.4. The van der Waals surface area contributed by atoms with Crippen LogP contribution in [0.1, 0.15) is 11.4 Å². The highest BCUT2D eigenvalue weighted by Gasteiger charge is 2.02. The molecule has 0 fully saturated rings. The van der Waals surface area contributed by atoms with Gasteiger partial charge in [0.15, 0.2) is 5.96 Å². The predicted molar refractivity (Wildman–Crippen MR) is 64.0 cm³/mol. The Morgan fingerprint density at radius 1 is 1.73 bits per heavy atom. The molecule has 0 aliphatic rings. The van der Waals surface area contributed by atoms with Gasteiger partial charge in [-0.1, -0.05) is 0 Å². The van der Waals surface area contributed by atoms with E-state index in [0.717, 1.165) is 29.4 Å². The maximum Gasteiger partial charge on any atom is 0.188 e. The number of nitrogens with zero attached hydrogens (tertiary/aromatic N) is 2. The first-order valence-corrected chi connectivity index (χ1v) is 5.88. The zero-order chi connectivity index (χ0) is 11.3. The Morgan fingerprint density at radius 3 is 3.00 bits per heavy atom. The quantitative estimate of drug-likeness (QED) is 0.394. The molecule has 6 heteroatoms. The standard InChI is InChI=1S/C9H17N5S/c1-7-8(13-6-12-7)5-15-4-3-14(2)9(10)11/h6H,3-5H2,1-2H3,(H3,10,11)(H,12,13). The molecular formula is C9H17N5S. The molecule has 0 bridgehead atoms. The third-order valence-electron chi connectivity index (χ3n) is 2.16. The molecule has 0 aliphatic carbocycles. The van der Waals surface area contributed by atoms with Gasteiger partial charge in [0, 0.05) is 30.8 Å². The molecule has 0 spiro atoms. The minimum atomic E-state index is 0.117. The first-order valence-electron chi connectivity index (χ1n) is 4.73. The number of aryl methyl sites for hydroxylation is 1. The van der Waals surface area contributed by atoms with E-state index < -0.39 is 0 Å². The average Bonchev–Trinajstić information content (AvgIpc) is 2.58. The second-order valence-corrected chi connectivity index (χ2v) is 4.44. The fraction of sp³-hybridized carbons (Fsp3) is 0.556. The SMILES string of the molecule is Cc1[nH]cnc1CSCCN(C)C(=N)N. The number of guanidine groups is 1. The molecule has 15 heavy (non-hydrogen) atoms. The molecule has 0 atom stereocenters. The van der Waals surface area contributed by atoms with Crippen LogP contribution in [0.15, 0.2) is 6.33 Å². The lowest BCUT2D eigenvalue weighted by molar-refractivity contribution is 0.530. The molecular weight excluding hydrogens is 210 g/mol. The lowest BCUT2D eigenvalue weighted by Gasteiger charge is -2.15. The monoisotopic (exact) mass is 227 g/mol. The van der Waals surface area contributed by atoms with Gasteiger partial charge in [-0.05, 0) is 6.92 Å². The number of nitrogens with two attached hydrogens (primary N) is 1. The smallest absolute Gasteiger partial charge is 0.188 e. The Hall–Kier alpha value is -1.17. The summed E-state index contributed by atoms with van der Waals surface area (Å²) in [4.78, 5) is 8.98. The highest BCUT2D eigenvalue weighted by Crippen LogP contribution is 2.12. The zero-order valence-electron chi connectivity index (χ0n) is 9.08. The number of rotatable bonds is 5. The van der Waals surface area contributed by atoms with Gasteiger partial charge in [-0.3, -0.25) is 5.41 Å². The summed E-state index contributed by atoms with van der Waals surface area (Å²) in [5.74, 6) is 1.97. The molecule has 0 unspecified atom stereocenters. The van der Waals surface area contributed by atoms with Crippen molar-refractivity contribution in [2.45, 2.75) is 12.7 Å². The molecule has 0 aromatic carbocycles. The van der Waals surface area contributed by atoms with Crippen molar-refractivity contribution >= 4 is 17.7 Å². The van der Waals surface area contributed by atoms with E-state index in [0.29, 0.717) is 0 Å². The van der Waals surface area contributed by atoms with Crippen LogP contribution in [0.25, 0.3) is 0 Å². The lowest BCUT2D eigenvalue weighted by Crippen LogP contribution is -2.34. The minimum absolute atomic E-state index is 0.117. The van der Waals surface area contributed by atoms with Crippen molar-refractivity contribution in [1.82, 2.24) is 14.9 Å². The van der Waals surface area contributed by atoms with Crippen molar-refractivity contribution in [1.29, 1.82) is 5.41 Å². The van der Waals surface area contributed by atoms with E-state index in [9.17, 15) is 0 Å². The fourth-order valence-corrected chi connectivity index (χ4v) is 2.06. The highest BCUT2D eigenvalue weighted by atomic mass is 32.2. The Labute approximate surface area is 94.0 Å². The van der Waals surface area contributed by atoms with Crippen molar-refractivity contribution in [2.24, 2.45) is 5.73 Å². The van der Waals surface area contributed by atoms with Crippen molar-refractivity contribution in [2.75, 3.05) is 19.3 Å². The number of aromatic nitrogens is 2. The van der Waals surface area contributed by atoms with Gasteiger partial charge in [0.25, 0.3) is 0 Å². The number of hydrogen-bond donors (Lipinski definition) is 3. The third-order valence-corrected chi connectivity index (χ3v) is 3.10. The molecule has 4 N–H and O–H groups in total. The predicted octanol–water partition coefficient (Wildman–Crippen LogP) is 0.777. The van der Waals surface area contributed by atoms with E-state index in [1.165, 1.54) is 0 Å². The van der Waals surface area contributed by atoms with E-state index in [-0.39, 0.29) is 5.96 Å². The summed E-state index contributed by atoms with van der Waals surface area (Å²) in [6.45, 7) is 2.81. The van der Waals surface area contributed by atoms with Crippen molar-refractivity contribution in [3.05, 3.63) is 17.7 Å². The normalized spacial score (nSPS) is 10.3. The van der Waals surface area contributed by atoms with Gasteiger partial charge in [0.05, 0.1) is 12.0 Å². The second-order valence-electron chi connectivity index (χ2n) is 3.33. The van der Waals surface area contributed by atoms with Crippen molar-refractivity contribution < 1.29 is 0 Å². The van der Waals surface area contributed by atoms with Crippen LogP contribution in [-0.2, 0) is 5.75 Å². The summed E-state index contributed by atoms with van der Waals surface area (Å²) in [5.41, 5.74) is 7.55. The molecule has 1 aromatic heterocycles. The van der Waals surface area contributed by atoms with Crippen LogP contribution >= 0.6 is 11.8 Å². The van der Waals surface area contributed by atoms with Crippen LogP contribution in [0.4, 0.5) is 0 Å². The third kappa shape index (κ3) is 3.83. The maximum atomic E-state index is 7.19. The van der Waals surface area contributed by atoms with Gasteiger partial charge in [-0.15, -0.1) is 0 Å². The molecule has 5 nitrogen and oxygen atoms in total. The average molecular weight is 227 g/mol. The van der Waals surface area contributed by atoms with Gasteiger partial charge in [-0.25, -0.2) is 4.98 Å². The largest absolute Gasteiger partial charge is 0.370 e. The van der Waals surface area contributed by atoms with Gasteiger partial charge in [-0.2, -0.15) is 11.8 Å². The van der Waals surface area contributed by atoms with Crippen LogP contribution in [0.5, 0.6) is 0 Å². The van der Waals surface area contributed by atoms with Crippen molar-refractivity contribution in [3.63, 3.8) is 0 Å². The van der Waals surface area contributed by atoms with E-state index in [2.05, 4.69) is 9.97 Å². The number of thioether (sulfide) groups is 1. The highest BCUT2D eigenvalue weighted by molar-refractivity contribution is 7.98. The number of hydrogen-bond acceptors (Lipinski definition) is 3. The van der Waals surface area contributed by atoms with Crippen LogP contribution in [0.3, 0.4) is 0 Å². The molecule has 1 aromatic rings. The molecule has 1 rings (SSSR count). The molecule has 0 radical (unpaired) electrons. The Balaban J connectivity index is 2.17. The summed E-state index contributed by atoms with van der Waals surface area (Å²) < 4.78 is 0. The molecule has 0 saturated heterocycles. The Morgan fingerprint density at radius 2 is 2.47 bits per heavy atom. The Kier molecular flexibility index (Phi) is 4.48. The van der Waals surface area contributed by atoms with Gasteiger partial charge >= 0.3 is 0 Å². The summed E-state index contributed by atoms with van der Waals surface area (Å²) in [6, 6.07) is 0. The maximum absolute atomic E-state index is 7.19. The summed E-state index contributed by atoms with van der Waals surface area (Å²) in [7, 11) is 1.82. The second kappa shape index (κ2) is 5.65. The number of imidazole rings is 1. The van der Waals surface area contributed by atoms with Gasteiger partial charge < -0.3 is 15.6 Å². The van der Waals surface area contributed by atoms with E-state index in [4.69, 9.17) is 11.1 Å². The van der Waals surface area contributed by atoms with Crippen LogP contribution in [0.2, 0.25) is 0 Å². The van der Waals surface area contributed by atoms with Gasteiger partial charge in [0.1, 0.15) is 0 Å². The topological polar surface area (TPSA) is 81.8 Å². The molecule has 0 saturated carbocycles. The zero-order valence-corrected chi connectivity index (χ0v) is 9.90. The Bertz CT molecular complexity index is 322. The molecule has 0 aliphatic heterocycles. The molecule has 0 amide bonds. The molecule has 1 heterocycles. The van der Waals surface area contributed by atoms with Crippen LogP contribution in [0, 0.1) is 12.3 Å².